The minimum atomic E-state index is -0.494. The van der Waals surface area contributed by atoms with Gasteiger partial charge in [0.15, 0.2) is 0 Å². The molecule has 3 N–H and O–H groups in total. The maximum atomic E-state index is 11.6. The van der Waals surface area contributed by atoms with Gasteiger partial charge < -0.3 is 5.73 Å². The molecule has 0 aromatic heterocycles. The minimum Gasteiger partial charge on any atom is -0.397 e. The Morgan fingerprint density at radius 3 is 2.76 bits per heavy atom. The van der Waals surface area contributed by atoms with E-state index in [0.29, 0.717) is 12.0 Å². The van der Waals surface area contributed by atoms with E-state index < -0.39 is 11.8 Å². The van der Waals surface area contributed by atoms with E-state index in [-0.39, 0.29) is 22.4 Å². The van der Waals surface area contributed by atoms with Crippen LogP contribution in [0.3, 0.4) is 0 Å². The van der Waals surface area contributed by atoms with Crippen molar-refractivity contribution in [2.75, 3.05) is 5.73 Å². The highest BCUT2D eigenvalue weighted by atomic mass is 16.2. The molecule has 1 heterocycles. The Morgan fingerprint density at radius 2 is 2.18 bits per heavy atom. The highest BCUT2D eigenvalue weighted by Crippen LogP contribution is 2.29. The Hall–Kier alpha value is -2.61. The average molecular weight is 227 g/mol. The molecule has 5 heteroatoms. The molecule has 0 saturated carbocycles. The van der Waals surface area contributed by atoms with Crippen LogP contribution < -0.4 is 11.1 Å². The predicted molar refractivity (Wildman–Crippen MR) is 61.3 cm³/mol. The van der Waals surface area contributed by atoms with Gasteiger partial charge in [-0.15, -0.1) is 6.58 Å². The number of imide groups is 1. The van der Waals surface area contributed by atoms with Crippen molar-refractivity contribution in [2.24, 2.45) is 0 Å². The van der Waals surface area contributed by atoms with Crippen molar-refractivity contribution in [3.63, 3.8) is 0 Å². The summed E-state index contributed by atoms with van der Waals surface area (Å²) in [7, 11) is 0. The first-order valence-corrected chi connectivity index (χ1v) is 4.92. The molecular formula is C12H9N3O2. The molecule has 2 amide bonds. The van der Waals surface area contributed by atoms with Crippen molar-refractivity contribution in [2.45, 2.75) is 6.42 Å². The van der Waals surface area contributed by atoms with E-state index >= 15 is 0 Å². The second kappa shape index (κ2) is 3.76. The van der Waals surface area contributed by atoms with Gasteiger partial charge in [0.25, 0.3) is 11.8 Å². The quantitative estimate of drug-likeness (QED) is 0.442. The van der Waals surface area contributed by atoms with Gasteiger partial charge in [0.2, 0.25) is 0 Å². The summed E-state index contributed by atoms with van der Waals surface area (Å²) in [6.45, 7) is 3.57. The van der Waals surface area contributed by atoms with Crippen molar-refractivity contribution in [1.82, 2.24) is 5.32 Å². The molecule has 5 nitrogen and oxygen atoms in total. The summed E-state index contributed by atoms with van der Waals surface area (Å²) in [5.74, 6) is -0.968. The number of rotatable bonds is 2. The number of nitrogens with zero attached hydrogens (tertiary/aromatic N) is 1. The standard InChI is InChI=1S/C12H9N3O2/c1-2-3-7-9-8(11(16)15-12(9)17)4-6(5-13)10(7)14/h2,4H,1,3,14H2,(H,15,16,17). The topological polar surface area (TPSA) is 96.0 Å². The van der Waals surface area contributed by atoms with Crippen LogP contribution in [0.1, 0.15) is 31.8 Å². The van der Waals surface area contributed by atoms with Crippen LogP contribution in [-0.4, -0.2) is 11.8 Å². The zero-order valence-corrected chi connectivity index (χ0v) is 8.91. The lowest BCUT2D eigenvalue weighted by atomic mass is 9.95. The second-order valence-electron chi connectivity index (χ2n) is 3.63. The van der Waals surface area contributed by atoms with Crippen LogP contribution in [-0.2, 0) is 6.42 Å². The van der Waals surface area contributed by atoms with Gasteiger partial charge in [-0.25, -0.2) is 0 Å². The fourth-order valence-corrected chi connectivity index (χ4v) is 1.87. The lowest BCUT2D eigenvalue weighted by Crippen LogP contribution is -2.20. The monoisotopic (exact) mass is 227 g/mol. The lowest BCUT2D eigenvalue weighted by Gasteiger charge is -2.09. The van der Waals surface area contributed by atoms with Gasteiger partial charge >= 0.3 is 0 Å². The SMILES string of the molecule is C=CCc1c(N)c(C#N)cc2c1C(=O)NC2=O. The third-order valence-corrected chi connectivity index (χ3v) is 2.64. The number of carbonyl (C=O) groups excluding carboxylic acids is 2. The number of fused-ring (bicyclic) bond motifs is 1. The number of benzene rings is 1. The molecule has 0 spiro atoms. The zero-order valence-electron chi connectivity index (χ0n) is 8.91. The first-order chi connectivity index (χ1) is 8.10. The van der Waals surface area contributed by atoms with Gasteiger partial charge in [-0.05, 0) is 18.1 Å². The number of hydrogen-bond acceptors (Lipinski definition) is 4. The second-order valence-corrected chi connectivity index (χ2v) is 3.63. The lowest BCUT2D eigenvalue weighted by molar-refractivity contribution is 0.0879. The molecule has 0 fully saturated rings. The molecular weight excluding hydrogens is 218 g/mol. The molecule has 0 saturated heterocycles. The summed E-state index contributed by atoms with van der Waals surface area (Å²) in [5.41, 5.74) is 7.18. The van der Waals surface area contributed by atoms with Crippen molar-refractivity contribution in [1.29, 1.82) is 5.26 Å². The molecule has 1 aromatic carbocycles. The summed E-state index contributed by atoms with van der Waals surface area (Å²) in [5, 5.41) is 11.1. The molecule has 0 bridgehead atoms. The third kappa shape index (κ3) is 1.47. The number of nitrogen functional groups attached to an aromatic ring is 1. The molecule has 1 aliphatic rings. The predicted octanol–water partition coefficient (Wildman–Crippen LogP) is 0.753. The number of anilines is 1. The minimum absolute atomic E-state index is 0.199. The van der Waals surface area contributed by atoms with E-state index in [9.17, 15) is 9.59 Å². The third-order valence-electron chi connectivity index (χ3n) is 2.64. The van der Waals surface area contributed by atoms with E-state index in [4.69, 9.17) is 11.0 Å². The molecule has 2 rings (SSSR count). The summed E-state index contributed by atoms with van der Waals surface area (Å²) >= 11 is 0. The number of hydrogen-bond donors (Lipinski definition) is 2. The van der Waals surface area contributed by atoms with Crippen LogP contribution in [0.5, 0.6) is 0 Å². The molecule has 0 unspecified atom stereocenters. The van der Waals surface area contributed by atoms with Gasteiger partial charge in [0.1, 0.15) is 6.07 Å². The Morgan fingerprint density at radius 1 is 1.47 bits per heavy atom. The highest BCUT2D eigenvalue weighted by Gasteiger charge is 2.31. The summed E-state index contributed by atoms with van der Waals surface area (Å²) in [6.07, 6.45) is 1.91. The van der Waals surface area contributed by atoms with Crippen LogP contribution in [0.2, 0.25) is 0 Å². The van der Waals surface area contributed by atoms with Crippen molar-refractivity contribution >= 4 is 17.5 Å². The average Bonchev–Trinajstić information content (AvgIpc) is 2.57. The number of nitrogens with two attached hydrogens (primary N) is 1. The fraction of sp³-hybridized carbons (Fsp3) is 0.0833. The molecule has 0 radical (unpaired) electrons. The highest BCUT2D eigenvalue weighted by molar-refractivity contribution is 6.23. The van der Waals surface area contributed by atoms with E-state index in [2.05, 4.69) is 11.9 Å². The molecule has 84 valence electrons. The van der Waals surface area contributed by atoms with Crippen LogP contribution in [0.25, 0.3) is 0 Å². The number of allylic oxidation sites excluding steroid dienone is 1. The Kier molecular flexibility index (Phi) is 2.41. The molecule has 1 aromatic rings. The van der Waals surface area contributed by atoms with Gasteiger partial charge in [-0.2, -0.15) is 5.26 Å². The van der Waals surface area contributed by atoms with Gasteiger partial charge in [0.05, 0.1) is 22.4 Å². The Balaban J connectivity index is 2.81. The van der Waals surface area contributed by atoms with E-state index in [1.807, 2.05) is 6.07 Å². The first kappa shape index (κ1) is 10.9. The van der Waals surface area contributed by atoms with Crippen molar-refractivity contribution in [3.05, 3.63) is 41.0 Å². The normalized spacial score (nSPS) is 12.9. The van der Waals surface area contributed by atoms with E-state index in [1.165, 1.54) is 6.07 Å². The number of amides is 2. The van der Waals surface area contributed by atoms with E-state index in [1.54, 1.807) is 6.08 Å². The van der Waals surface area contributed by atoms with Crippen LogP contribution in [0.4, 0.5) is 5.69 Å². The van der Waals surface area contributed by atoms with Crippen LogP contribution >= 0.6 is 0 Å². The van der Waals surface area contributed by atoms with Crippen molar-refractivity contribution < 1.29 is 9.59 Å². The molecule has 17 heavy (non-hydrogen) atoms. The van der Waals surface area contributed by atoms with E-state index in [0.717, 1.165) is 0 Å². The van der Waals surface area contributed by atoms with Crippen LogP contribution in [0.15, 0.2) is 18.7 Å². The van der Waals surface area contributed by atoms with Crippen LogP contribution in [0, 0.1) is 11.3 Å². The number of nitrogens with one attached hydrogen (secondary N) is 1. The molecule has 1 aliphatic heterocycles. The maximum Gasteiger partial charge on any atom is 0.259 e. The maximum absolute atomic E-state index is 11.6. The fourth-order valence-electron chi connectivity index (χ4n) is 1.87. The number of nitriles is 1. The summed E-state index contributed by atoms with van der Waals surface area (Å²) < 4.78 is 0. The molecule has 0 atom stereocenters. The Bertz CT molecular complexity index is 597. The summed E-state index contributed by atoms with van der Waals surface area (Å²) in [4.78, 5) is 23.1. The van der Waals surface area contributed by atoms with Gasteiger partial charge in [0, 0.05) is 0 Å². The Labute approximate surface area is 97.5 Å². The summed E-state index contributed by atoms with van der Waals surface area (Å²) in [6, 6.07) is 3.25. The first-order valence-electron chi connectivity index (χ1n) is 4.92. The van der Waals surface area contributed by atoms with Crippen molar-refractivity contribution in [3.8, 4) is 6.07 Å². The van der Waals surface area contributed by atoms with Gasteiger partial charge in [-0.3, -0.25) is 14.9 Å². The molecule has 0 aliphatic carbocycles. The zero-order chi connectivity index (χ0) is 12.6. The van der Waals surface area contributed by atoms with Gasteiger partial charge in [-0.1, -0.05) is 6.08 Å². The number of carbonyl (C=O) groups is 2. The smallest absolute Gasteiger partial charge is 0.259 e. The largest absolute Gasteiger partial charge is 0.397 e.